The summed E-state index contributed by atoms with van der Waals surface area (Å²) in [7, 11) is 0. The molecule has 0 N–H and O–H groups in total. The highest BCUT2D eigenvalue weighted by atomic mass is 16.6. The lowest BCUT2D eigenvalue weighted by Gasteiger charge is -2.17. The molecule has 114 valence electrons. The van der Waals surface area contributed by atoms with Crippen molar-refractivity contribution in [1.29, 1.82) is 0 Å². The molecule has 0 unspecified atom stereocenters. The van der Waals surface area contributed by atoms with Crippen LogP contribution in [-0.2, 0) is 9.53 Å². The summed E-state index contributed by atoms with van der Waals surface area (Å²) in [6, 6.07) is 0. The first-order valence-corrected chi connectivity index (χ1v) is 7.31. The van der Waals surface area contributed by atoms with Crippen molar-refractivity contribution in [3.05, 3.63) is 35.5 Å². The van der Waals surface area contributed by atoms with Gasteiger partial charge in [0.05, 0.1) is 0 Å². The van der Waals surface area contributed by atoms with Crippen LogP contribution in [-0.4, -0.2) is 11.6 Å². The van der Waals surface area contributed by atoms with Gasteiger partial charge in [-0.1, -0.05) is 22.8 Å². The Morgan fingerprint density at radius 1 is 1.05 bits per heavy atom. The average molecular weight is 278 g/mol. The third-order valence-electron chi connectivity index (χ3n) is 3.00. The maximum absolute atomic E-state index is 11.5. The van der Waals surface area contributed by atoms with E-state index in [-0.39, 0.29) is 5.97 Å². The molecule has 0 spiro atoms. The standard InChI is InChI=1S/C18H30O2/c1-14(2)12-13-16(4)15(3)10-8-9-11-17(19)20-18(5,6)7/h9,11H,1,8,10,12-13H2,2-7H3/b11-9+,16-15+. The van der Waals surface area contributed by atoms with Crippen LogP contribution in [0.2, 0.25) is 0 Å². The molecule has 0 aromatic heterocycles. The van der Waals surface area contributed by atoms with Crippen LogP contribution in [0.4, 0.5) is 0 Å². The molecule has 0 atom stereocenters. The second-order valence-electron chi connectivity index (χ2n) is 6.49. The number of ether oxygens (including phenoxy) is 1. The van der Waals surface area contributed by atoms with E-state index in [1.54, 1.807) is 0 Å². The Morgan fingerprint density at radius 3 is 2.10 bits per heavy atom. The van der Waals surface area contributed by atoms with E-state index in [2.05, 4.69) is 27.4 Å². The van der Waals surface area contributed by atoms with Gasteiger partial charge in [0, 0.05) is 6.08 Å². The summed E-state index contributed by atoms with van der Waals surface area (Å²) in [5.41, 5.74) is 3.64. The van der Waals surface area contributed by atoms with Crippen molar-refractivity contribution >= 4 is 5.97 Å². The summed E-state index contributed by atoms with van der Waals surface area (Å²) in [6.45, 7) is 15.9. The first-order valence-electron chi connectivity index (χ1n) is 7.31. The van der Waals surface area contributed by atoms with Gasteiger partial charge in [0.15, 0.2) is 0 Å². The smallest absolute Gasteiger partial charge is 0.330 e. The van der Waals surface area contributed by atoms with E-state index >= 15 is 0 Å². The SMILES string of the molecule is C=C(C)CC/C(C)=C(\C)CC/C=C/C(=O)OC(C)(C)C. The van der Waals surface area contributed by atoms with Gasteiger partial charge in [-0.3, -0.25) is 0 Å². The minimum absolute atomic E-state index is 0.266. The summed E-state index contributed by atoms with van der Waals surface area (Å²) in [6.07, 6.45) is 7.41. The monoisotopic (exact) mass is 278 g/mol. The molecule has 0 aliphatic heterocycles. The quantitative estimate of drug-likeness (QED) is 0.356. The van der Waals surface area contributed by atoms with Gasteiger partial charge < -0.3 is 4.74 Å². The Labute approximate surface area is 124 Å². The molecule has 0 aliphatic rings. The number of carbonyl (C=O) groups is 1. The van der Waals surface area contributed by atoms with Crippen molar-refractivity contribution in [2.24, 2.45) is 0 Å². The first-order chi connectivity index (χ1) is 9.11. The van der Waals surface area contributed by atoms with E-state index in [0.29, 0.717) is 0 Å². The van der Waals surface area contributed by atoms with Crippen molar-refractivity contribution in [1.82, 2.24) is 0 Å². The predicted octanol–water partition coefficient (Wildman–Crippen LogP) is 5.36. The largest absolute Gasteiger partial charge is 0.457 e. The zero-order valence-electron chi connectivity index (χ0n) is 14.0. The lowest BCUT2D eigenvalue weighted by atomic mass is 10.0. The fourth-order valence-electron chi connectivity index (χ4n) is 1.64. The van der Waals surface area contributed by atoms with E-state index in [4.69, 9.17) is 4.74 Å². The van der Waals surface area contributed by atoms with Crippen LogP contribution < -0.4 is 0 Å². The summed E-state index contributed by atoms with van der Waals surface area (Å²) in [5, 5.41) is 0. The summed E-state index contributed by atoms with van der Waals surface area (Å²) in [4.78, 5) is 11.5. The Kier molecular flexibility index (Phi) is 8.21. The zero-order valence-corrected chi connectivity index (χ0v) is 14.0. The average Bonchev–Trinajstić information content (AvgIpc) is 2.28. The van der Waals surface area contributed by atoms with Crippen LogP contribution >= 0.6 is 0 Å². The Morgan fingerprint density at radius 2 is 1.60 bits per heavy atom. The molecule has 20 heavy (non-hydrogen) atoms. The molecule has 0 rings (SSSR count). The molecule has 0 aromatic rings. The third kappa shape index (κ3) is 10.6. The first kappa shape index (κ1) is 18.7. The van der Waals surface area contributed by atoms with Crippen LogP contribution in [0.1, 0.15) is 67.2 Å². The van der Waals surface area contributed by atoms with Gasteiger partial charge in [0.2, 0.25) is 0 Å². The fraction of sp³-hybridized carbons (Fsp3) is 0.611. The molecule has 0 saturated carbocycles. The van der Waals surface area contributed by atoms with E-state index < -0.39 is 5.60 Å². The zero-order chi connectivity index (χ0) is 15.8. The molecule has 2 nitrogen and oxygen atoms in total. The normalized spacial score (nSPS) is 13.3. The van der Waals surface area contributed by atoms with Gasteiger partial charge in [0.1, 0.15) is 5.60 Å². The topological polar surface area (TPSA) is 26.3 Å². The maximum Gasteiger partial charge on any atom is 0.330 e. The highest BCUT2D eigenvalue weighted by molar-refractivity contribution is 5.82. The van der Waals surface area contributed by atoms with Crippen molar-refractivity contribution in [2.45, 2.75) is 72.8 Å². The van der Waals surface area contributed by atoms with Gasteiger partial charge in [-0.15, -0.1) is 6.58 Å². The van der Waals surface area contributed by atoms with Crippen LogP contribution in [0.5, 0.6) is 0 Å². The molecule has 0 bridgehead atoms. The van der Waals surface area contributed by atoms with Gasteiger partial charge in [-0.2, -0.15) is 0 Å². The third-order valence-corrected chi connectivity index (χ3v) is 3.00. The maximum atomic E-state index is 11.5. The number of rotatable bonds is 7. The molecular formula is C18H30O2. The highest BCUT2D eigenvalue weighted by Crippen LogP contribution is 2.17. The molecule has 0 radical (unpaired) electrons. The van der Waals surface area contributed by atoms with E-state index in [0.717, 1.165) is 25.7 Å². The van der Waals surface area contributed by atoms with Crippen molar-refractivity contribution < 1.29 is 9.53 Å². The van der Waals surface area contributed by atoms with E-state index in [1.807, 2.05) is 26.8 Å². The molecule has 2 heteroatoms. The highest BCUT2D eigenvalue weighted by Gasteiger charge is 2.13. The Hall–Kier alpha value is -1.31. The molecule has 0 heterocycles. The molecule has 0 amide bonds. The number of hydrogen-bond acceptors (Lipinski definition) is 2. The summed E-state index contributed by atoms with van der Waals surface area (Å²) in [5.74, 6) is -0.266. The van der Waals surface area contributed by atoms with Crippen LogP contribution in [0.25, 0.3) is 0 Å². The van der Waals surface area contributed by atoms with Crippen molar-refractivity contribution in [2.75, 3.05) is 0 Å². The van der Waals surface area contributed by atoms with Gasteiger partial charge in [0.25, 0.3) is 0 Å². The van der Waals surface area contributed by atoms with Crippen molar-refractivity contribution in [3.63, 3.8) is 0 Å². The predicted molar refractivity (Wildman–Crippen MR) is 86.6 cm³/mol. The summed E-state index contributed by atoms with van der Waals surface area (Å²) >= 11 is 0. The molecular weight excluding hydrogens is 248 g/mol. The lowest BCUT2D eigenvalue weighted by Crippen LogP contribution is -2.22. The van der Waals surface area contributed by atoms with Gasteiger partial charge in [-0.25, -0.2) is 4.79 Å². The van der Waals surface area contributed by atoms with Crippen LogP contribution in [0.3, 0.4) is 0 Å². The van der Waals surface area contributed by atoms with Crippen molar-refractivity contribution in [3.8, 4) is 0 Å². The van der Waals surface area contributed by atoms with Crippen LogP contribution in [0.15, 0.2) is 35.5 Å². The molecule has 0 saturated heterocycles. The summed E-state index contributed by atoms with van der Waals surface area (Å²) < 4.78 is 5.21. The van der Waals surface area contributed by atoms with Gasteiger partial charge >= 0.3 is 5.97 Å². The minimum Gasteiger partial charge on any atom is -0.457 e. The Bertz CT molecular complexity index is 392. The minimum atomic E-state index is -0.420. The number of esters is 1. The lowest BCUT2D eigenvalue weighted by molar-refractivity contribution is -0.148. The number of carbonyl (C=O) groups excluding carboxylic acids is 1. The van der Waals surface area contributed by atoms with E-state index in [1.165, 1.54) is 22.8 Å². The van der Waals surface area contributed by atoms with Gasteiger partial charge in [-0.05, 0) is 67.2 Å². The second kappa shape index (κ2) is 8.78. The fourth-order valence-corrected chi connectivity index (χ4v) is 1.64. The molecule has 0 fully saturated rings. The molecule has 0 aromatic carbocycles. The number of allylic oxidation sites excluding steroid dienone is 4. The second-order valence-corrected chi connectivity index (χ2v) is 6.49. The molecule has 0 aliphatic carbocycles. The Balaban J connectivity index is 4.13. The number of hydrogen-bond donors (Lipinski definition) is 0. The van der Waals surface area contributed by atoms with Crippen LogP contribution in [0, 0.1) is 0 Å². The van der Waals surface area contributed by atoms with E-state index in [9.17, 15) is 4.79 Å².